The number of likely N-dealkylation sites (tertiary alicyclic amines) is 1. The lowest BCUT2D eigenvalue weighted by Gasteiger charge is -2.33. The number of amides is 1. The lowest BCUT2D eigenvalue weighted by Crippen LogP contribution is -2.48. The van der Waals surface area contributed by atoms with Crippen LogP contribution in [-0.2, 0) is 16.0 Å². The minimum absolute atomic E-state index is 0.0512. The predicted octanol–water partition coefficient (Wildman–Crippen LogP) is 1.97. The first kappa shape index (κ1) is 14.4. The Kier molecular flexibility index (Phi) is 4.32. The molecule has 0 aliphatic carbocycles. The van der Waals surface area contributed by atoms with Crippen molar-refractivity contribution in [2.45, 2.75) is 31.7 Å². The molecule has 1 aliphatic rings. The van der Waals surface area contributed by atoms with Crippen LogP contribution in [0.2, 0.25) is 0 Å². The Bertz CT molecular complexity index is 533. The molecule has 4 nitrogen and oxygen atoms in total. The second kappa shape index (κ2) is 5.98. The molecule has 1 N–H and O–H groups in total. The second-order valence-corrected chi connectivity index (χ2v) is 4.83. The third-order valence-electron chi connectivity index (χ3n) is 3.48. The van der Waals surface area contributed by atoms with Crippen molar-refractivity contribution in [2.75, 3.05) is 6.54 Å². The Hall–Kier alpha value is -1.98. The lowest BCUT2D eigenvalue weighted by molar-refractivity contribution is -0.151. The predicted molar refractivity (Wildman–Crippen MR) is 67.0 cm³/mol. The number of benzene rings is 1. The van der Waals surface area contributed by atoms with E-state index in [1.807, 2.05) is 0 Å². The van der Waals surface area contributed by atoms with Gasteiger partial charge in [-0.1, -0.05) is 12.1 Å². The monoisotopic (exact) mass is 283 g/mol. The topological polar surface area (TPSA) is 57.6 Å². The van der Waals surface area contributed by atoms with Crippen molar-refractivity contribution in [3.8, 4) is 0 Å². The number of piperidine rings is 1. The summed E-state index contributed by atoms with van der Waals surface area (Å²) in [7, 11) is 0. The number of nitrogens with zero attached hydrogens (tertiary/aromatic N) is 1. The van der Waals surface area contributed by atoms with E-state index in [4.69, 9.17) is 5.11 Å². The highest BCUT2D eigenvalue weighted by Gasteiger charge is 2.32. The van der Waals surface area contributed by atoms with E-state index >= 15 is 0 Å². The van der Waals surface area contributed by atoms with E-state index in [2.05, 4.69) is 0 Å². The second-order valence-electron chi connectivity index (χ2n) is 4.83. The molecule has 0 saturated carbocycles. The number of hydrogen-bond acceptors (Lipinski definition) is 2. The van der Waals surface area contributed by atoms with Crippen molar-refractivity contribution < 1.29 is 23.5 Å². The highest BCUT2D eigenvalue weighted by Crippen LogP contribution is 2.20. The van der Waals surface area contributed by atoms with Crippen LogP contribution < -0.4 is 0 Å². The third kappa shape index (κ3) is 2.95. The van der Waals surface area contributed by atoms with E-state index in [9.17, 15) is 18.4 Å². The van der Waals surface area contributed by atoms with E-state index in [0.29, 0.717) is 13.0 Å². The van der Waals surface area contributed by atoms with Crippen LogP contribution in [0.3, 0.4) is 0 Å². The summed E-state index contributed by atoms with van der Waals surface area (Å²) in [5, 5.41) is 9.09. The number of carbonyl (C=O) groups excluding carboxylic acids is 1. The van der Waals surface area contributed by atoms with Crippen LogP contribution in [-0.4, -0.2) is 34.5 Å². The Morgan fingerprint density at radius 2 is 2.05 bits per heavy atom. The van der Waals surface area contributed by atoms with Gasteiger partial charge in [0.2, 0.25) is 5.91 Å². The standard InChI is InChI=1S/C14H15F2NO3/c15-10-5-3-4-9(13(10)16)8-12(18)17-7-2-1-6-11(17)14(19)20/h3-5,11H,1-2,6-8H2,(H,19,20)/t11-/m1/s1. The maximum Gasteiger partial charge on any atom is 0.326 e. The van der Waals surface area contributed by atoms with E-state index in [0.717, 1.165) is 18.9 Å². The number of hydrogen-bond donors (Lipinski definition) is 1. The molecule has 0 aromatic heterocycles. The minimum atomic E-state index is -1.06. The molecule has 6 heteroatoms. The number of aliphatic carboxylic acids is 1. The van der Waals surface area contributed by atoms with Crippen molar-refractivity contribution in [1.82, 2.24) is 4.90 Å². The van der Waals surface area contributed by atoms with Crippen LogP contribution in [0.1, 0.15) is 24.8 Å². The fraction of sp³-hybridized carbons (Fsp3) is 0.429. The van der Waals surface area contributed by atoms with E-state index in [1.54, 1.807) is 0 Å². The van der Waals surface area contributed by atoms with E-state index in [-0.39, 0.29) is 12.0 Å². The van der Waals surface area contributed by atoms with Crippen molar-refractivity contribution in [1.29, 1.82) is 0 Å². The summed E-state index contributed by atoms with van der Waals surface area (Å²) >= 11 is 0. The first-order valence-electron chi connectivity index (χ1n) is 6.46. The summed E-state index contributed by atoms with van der Waals surface area (Å²) in [5.41, 5.74) is -0.0512. The van der Waals surface area contributed by atoms with Crippen molar-refractivity contribution in [3.05, 3.63) is 35.4 Å². The van der Waals surface area contributed by atoms with E-state index < -0.39 is 29.6 Å². The highest BCUT2D eigenvalue weighted by molar-refractivity contribution is 5.85. The Morgan fingerprint density at radius 1 is 1.30 bits per heavy atom. The third-order valence-corrected chi connectivity index (χ3v) is 3.48. The quantitative estimate of drug-likeness (QED) is 0.922. The maximum atomic E-state index is 13.5. The molecule has 1 saturated heterocycles. The van der Waals surface area contributed by atoms with Crippen LogP contribution in [0.15, 0.2) is 18.2 Å². The fourth-order valence-corrected chi connectivity index (χ4v) is 2.44. The zero-order valence-electron chi connectivity index (χ0n) is 10.8. The number of carboxylic acids is 1. The molecule has 108 valence electrons. The first-order valence-corrected chi connectivity index (χ1v) is 6.46. The van der Waals surface area contributed by atoms with Crippen LogP contribution >= 0.6 is 0 Å². The zero-order valence-corrected chi connectivity index (χ0v) is 10.8. The summed E-state index contributed by atoms with van der Waals surface area (Å²) in [6, 6.07) is 2.76. The summed E-state index contributed by atoms with van der Waals surface area (Å²) in [5.74, 6) is -3.60. The van der Waals surface area contributed by atoms with Gasteiger partial charge in [-0.15, -0.1) is 0 Å². The highest BCUT2D eigenvalue weighted by atomic mass is 19.2. The molecular formula is C14H15F2NO3. The van der Waals surface area contributed by atoms with Gasteiger partial charge >= 0.3 is 5.97 Å². The molecule has 0 radical (unpaired) electrons. The number of rotatable bonds is 3. The Morgan fingerprint density at radius 3 is 2.75 bits per heavy atom. The first-order chi connectivity index (χ1) is 9.50. The SMILES string of the molecule is O=C(O)[C@H]1CCCCN1C(=O)Cc1cccc(F)c1F. The van der Waals surface area contributed by atoms with Gasteiger partial charge in [0.25, 0.3) is 0 Å². The summed E-state index contributed by atoms with van der Waals surface area (Å²) in [6.45, 7) is 0.340. The molecule has 1 aliphatic heterocycles. The van der Waals surface area contributed by atoms with Gasteiger partial charge in [0.15, 0.2) is 11.6 Å². The van der Waals surface area contributed by atoms with Gasteiger partial charge in [-0.2, -0.15) is 0 Å². The molecule has 0 spiro atoms. The summed E-state index contributed by atoms with van der Waals surface area (Å²) in [4.78, 5) is 24.5. The van der Waals surface area contributed by atoms with Crippen molar-refractivity contribution in [3.63, 3.8) is 0 Å². The lowest BCUT2D eigenvalue weighted by atomic mass is 10.0. The number of carboxylic acid groups (broad SMARTS) is 1. The van der Waals surface area contributed by atoms with Gasteiger partial charge in [-0.05, 0) is 25.3 Å². The zero-order chi connectivity index (χ0) is 14.7. The number of carbonyl (C=O) groups is 2. The van der Waals surface area contributed by atoms with Gasteiger partial charge in [-0.25, -0.2) is 13.6 Å². The molecule has 0 unspecified atom stereocenters. The molecule has 2 rings (SSSR count). The van der Waals surface area contributed by atoms with Crippen molar-refractivity contribution in [2.24, 2.45) is 0 Å². The summed E-state index contributed by atoms with van der Waals surface area (Å²) < 4.78 is 26.6. The molecule has 1 amide bonds. The Balaban J connectivity index is 2.14. The van der Waals surface area contributed by atoms with Gasteiger partial charge in [0, 0.05) is 12.1 Å². The van der Waals surface area contributed by atoms with Gasteiger partial charge in [0.05, 0.1) is 6.42 Å². The largest absolute Gasteiger partial charge is 0.480 e. The summed E-state index contributed by atoms with van der Waals surface area (Å²) in [6.07, 6.45) is 1.54. The molecule has 20 heavy (non-hydrogen) atoms. The average Bonchev–Trinajstić information content (AvgIpc) is 2.43. The molecule has 1 fully saturated rings. The van der Waals surface area contributed by atoms with Crippen LogP contribution in [0, 0.1) is 11.6 Å². The minimum Gasteiger partial charge on any atom is -0.480 e. The van der Waals surface area contributed by atoms with Crippen LogP contribution in [0.5, 0.6) is 0 Å². The van der Waals surface area contributed by atoms with Crippen LogP contribution in [0.25, 0.3) is 0 Å². The average molecular weight is 283 g/mol. The van der Waals surface area contributed by atoms with Crippen LogP contribution in [0.4, 0.5) is 8.78 Å². The maximum absolute atomic E-state index is 13.5. The van der Waals surface area contributed by atoms with Crippen molar-refractivity contribution >= 4 is 11.9 Å². The number of halogens is 2. The van der Waals surface area contributed by atoms with E-state index in [1.165, 1.54) is 17.0 Å². The molecule has 1 aromatic carbocycles. The molecule has 1 aromatic rings. The molecular weight excluding hydrogens is 268 g/mol. The van der Waals surface area contributed by atoms with Gasteiger partial charge < -0.3 is 10.0 Å². The fourth-order valence-electron chi connectivity index (χ4n) is 2.44. The normalized spacial score (nSPS) is 18.9. The molecule has 0 bridgehead atoms. The molecule has 1 atom stereocenters. The molecule has 1 heterocycles. The Labute approximate surface area is 115 Å². The van der Waals surface area contributed by atoms with Gasteiger partial charge in [-0.3, -0.25) is 4.79 Å². The van der Waals surface area contributed by atoms with Gasteiger partial charge in [0.1, 0.15) is 6.04 Å². The smallest absolute Gasteiger partial charge is 0.326 e.